The number of aryl methyl sites for hydroxylation is 1. The molecule has 0 aliphatic heterocycles. The second kappa shape index (κ2) is 8.80. The van der Waals surface area contributed by atoms with Crippen molar-refractivity contribution >= 4 is 10.9 Å². The Kier molecular flexibility index (Phi) is 5.55. The predicted octanol–water partition coefficient (Wildman–Crippen LogP) is 7.42. The van der Waals surface area contributed by atoms with Gasteiger partial charge in [0.1, 0.15) is 18.2 Å². The van der Waals surface area contributed by atoms with E-state index in [1.54, 1.807) is 13.0 Å². The third kappa shape index (κ3) is 4.37. The van der Waals surface area contributed by atoms with Crippen LogP contribution in [0.5, 0.6) is 5.75 Å². The van der Waals surface area contributed by atoms with Crippen LogP contribution in [-0.2, 0) is 12.0 Å². The molecule has 5 nitrogen and oxygen atoms in total. The van der Waals surface area contributed by atoms with Crippen molar-refractivity contribution in [3.63, 3.8) is 0 Å². The molecule has 0 saturated heterocycles. The first-order chi connectivity index (χ1) is 17.8. The highest BCUT2D eigenvalue weighted by Crippen LogP contribution is 2.60. The van der Waals surface area contributed by atoms with E-state index in [0.717, 1.165) is 46.3 Å². The van der Waals surface area contributed by atoms with Crippen LogP contribution in [0.1, 0.15) is 49.4 Å². The summed E-state index contributed by atoms with van der Waals surface area (Å²) < 4.78 is 25.1. The summed E-state index contributed by atoms with van der Waals surface area (Å²) in [5.41, 5.74) is 4.92. The molecule has 6 heteroatoms. The molecule has 0 amide bonds. The Bertz CT molecular complexity index is 1590. The Morgan fingerprint density at radius 2 is 1.73 bits per heavy atom. The Morgan fingerprint density at radius 3 is 2.46 bits per heavy atom. The molecule has 0 unspecified atom stereocenters. The summed E-state index contributed by atoms with van der Waals surface area (Å²) in [5, 5.41) is 5.01. The van der Waals surface area contributed by atoms with Gasteiger partial charge in [-0.1, -0.05) is 55.4 Å². The van der Waals surface area contributed by atoms with Gasteiger partial charge in [-0.3, -0.25) is 0 Å². The minimum Gasteiger partial charge on any atom is -0.487 e. The van der Waals surface area contributed by atoms with Crippen LogP contribution in [0.25, 0.3) is 22.3 Å². The van der Waals surface area contributed by atoms with Crippen molar-refractivity contribution in [3.05, 3.63) is 107 Å². The molecule has 1 aliphatic carbocycles. The Hall–Kier alpha value is -4.06. The average molecular weight is 494 g/mol. The van der Waals surface area contributed by atoms with Crippen LogP contribution >= 0.6 is 0 Å². The van der Waals surface area contributed by atoms with Crippen LogP contribution in [0.4, 0.5) is 4.39 Å². The molecule has 0 atom stereocenters. The van der Waals surface area contributed by atoms with Gasteiger partial charge < -0.3 is 9.26 Å². The SMILES string of the molecule is Cc1nc(-c2ccc(OCc3ccc4cc(F)ccc4n3)cc2C2(c3ccccc3)CC(C)(C)C2)no1. The second-order valence-corrected chi connectivity index (χ2v) is 10.7. The summed E-state index contributed by atoms with van der Waals surface area (Å²) in [6.07, 6.45) is 2.00. The number of benzene rings is 3. The number of halogens is 1. The van der Waals surface area contributed by atoms with Gasteiger partial charge in [-0.2, -0.15) is 4.98 Å². The van der Waals surface area contributed by atoms with Crippen molar-refractivity contribution in [2.45, 2.75) is 45.6 Å². The predicted molar refractivity (Wildman–Crippen MR) is 141 cm³/mol. The van der Waals surface area contributed by atoms with Gasteiger partial charge in [-0.15, -0.1) is 0 Å². The molecule has 0 spiro atoms. The molecule has 1 aliphatic rings. The minimum atomic E-state index is -0.269. The summed E-state index contributed by atoms with van der Waals surface area (Å²) in [6, 6.07) is 25.1. The molecule has 2 heterocycles. The largest absolute Gasteiger partial charge is 0.487 e. The number of rotatable bonds is 6. The molecular weight excluding hydrogens is 465 g/mol. The van der Waals surface area contributed by atoms with Crippen molar-refractivity contribution < 1.29 is 13.7 Å². The lowest BCUT2D eigenvalue weighted by Crippen LogP contribution is -2.47. The molecule has 1 fully saturated rings. The van der Waals surface area contributed by atoms with E-state index in [2.05, 4.69) is 65.4 Å². The van der Waals surface area contributed by atoms with Gasteiger partial charge in [0.15, 0.2) is 0 Å². The first-order valence-electron chi connectivity index (χ1n) is 12.5. The van der Waals surface area contributed by atoms with Crippen LogP contribution < -0.4 is 4.74 Å². The fourth-order valence-corrected chi connectivity index (χ4v) is 5.88. The van der Waals surface area contributed by atoms with Crippen LogP contribution in [0.2, 0.25) is 0 Å². The molecule has 0 bridgehead atoms. The Morgan fingerprint density at radius 1 is 0.919 bits per heavy atom. The topological polar surface area (TPSA) is 61.0 Å². The maximum absolute atomic E-state index is 13.5. The van der Waals surface area contributed by atoms with Crippen molar-refractivity contribution in [3.8, 4) is 17.1 Å². The zero-order valence-corrected chi connectivity index (χ0v) is 21.2. The van der Waals surface area contributed by atoms with E-state index in [1.807, 2.05) is 24.3 Å². The lowest BCUT2D eigenvalue weighted by atomic mass is 9.49. The second-order valence-electron chi connectivity index (χ2n) is 10.7. The first kappa shape index (κ1) is 23.3. The van der Waals surface area contributed by atoms with E-state index in [9.17, 15) is 4.39 Å². The molecule has 5 aromatic rings. The standard InChI is InChI=1S/C31H28FN3O2/c1-20-33-29(35-37-20)26-13-12-25(36-17-24-11-9-21-15-23(32)10-14-28(21)34-24)16-27(26)31(18-30(2,3)19-31)22-7-5-4-6-8-22/h4-16H,17-19H2,1-3H3. The zero-order chi connectivity index (χ0) is 25.6. The Balaban J connectivity index is 1.39. The number of aromatic nitrogens is 3. The number of hydrogen-bond acceptors (Lipinski definition) is 5. The number of ether oxygens (including phenoxy) is 1. The number of hydrogen-bond donors (Lipinski definition) is 0. The number of fused-ring (bicyclic) bond motifs is 1. The molecule has 0 radical (unpaired) electrons. The summed E-state index contributed by atoms with van der Waals surface area (Å²) in [4.78, 5) is 9.19. The maximum atomic E-state index is 13.5. The summed E-state index contributed by atoms with van der Waals surface area (Å²) in [5.74, 6) is 1.60. The summed E-state index contributed by atoms with van der Waals surface area (Å²) >= 11 is 0. The van der Waals surface area contributed by atoms with Crippen molar-refractivity contribution in [1.29, 1.82) is 0 Å². The van der Waals surface area contributed by atoms with E-state index in [1.165, 1.54) is 17.7 Å². The molecule has 6 rings (SSSR count). The van der Waals surface area contributed by atoms with Gasteiger partial charge in [0.25, 0.3) is 0 Å². The third-order valence-corrected chi connectivity index (χ3v) is 7.26. The molecule has 3 aromatic carbocycles. The molecule has 186 valence electrons. The third-order valence-electron chi connectivity index (χ3n) is 7.26. The van der Waals surface area contributed by atoms with Crippen LogP contribution in [0.3, 0.4) is 0 Å². The van der Waals surface area contributed by atoms with E-state index in [0.29, 0.717) is 18.3 Å². The average Bonchev–Trinajstić information content (AvgIpc) is 3.32. The summed E-state index contributed by atoms with van der Waals surface area (Å²) in [6.45, 7) is 6.73. The van der Waals surface area contributed by atoms with Gasteiger partial charge in [0.2, 0.25) is 11.7 Å². The van der Waals surface area contributed by atoms with Crippen LogP contribution in [0, 0.1) is 18.2 Å². The van der Waals surface area contributed by atoms with Gasteiger partial charge in [-0.05, 0) is 71.8 Å². The van der Waals surface area contributed by atoms with Crippen molar-refractivity contribution in [2.24, 2.45) is 5.41 Å². The fourth-order valence-electron chi connectivity index (χ4n) is 5.88. The smallest absolute Gasteiger partial charge is 0.223 e. The highest BCUT2D eigenvalue weighted by atomic mass is 19.1. The van der Waals surface area contributed by atoms with E-state index >= 15 is 0 Å². The lowest BCUT2D eigenvalue weighted by molar-refractivity contribution is 0.0883. The number of nitrogens with zero attached hydrogens (tertiary/aromatic N) is 3. The lowest BCUT2D eigenvalue weighted by Gasteiger charge is -2.54. The fraction of sp³-hybridized carbons (Fsp3) is 0.258. The molecule has 0 N–H and O–H groups in total. The van der Waals surface area contributed by atoms with E-state index < -0.39 is 0 Å². The number of pyridine rings is 1. The van der Waals surface area contributed by atoms with Crippen LogP contribution in [0.15, 0.2) is 83.4 Å². The quantitative estimate of drug-likeness (QED) is 0.246. The van der Waals surface area contributed by atoms with Gasteiger partial charge in [-0.25, -0.2) is 9.37 Å². The monoisotopic (exact) mass is 493 g/mol. The first-order valence-corrected chi connectivity index (χ1v) is 12.5. The van der Waals surface area contributed by atoms with Crippen LogP contribution in [-0.4, -0.2) is 15.1 Å². The van der Waals surface area contributed by atoms with Gasteiger partial charge in [0, 0.05) is 23.3 Å². The van der Waals surface area contributed by atoms with E-state index in [-0.39, 0.29) is 16.6 Å². The molecule has 1 saturated carbocycles. The van der Waals surface area contributed by atoms with E-state index in [4.69, 9.17) is 9.26 Å². The minimum absolute atomic E-state index is 0.181. The van der Waals surface area contributed by atoms with Crippen molar-refractivity contribution in [2.75, 3.05) is 0 Å². The molecular formula is C31H28FN3O2. The van der Waals surface area contributed by atoms with Gasteiger partial charge in [0.05, 0.1) is 11.2 Å². The highest BCUT2D eigenvalue weighted by Gasteiger charge is 2.52. The summed E-state index contributed by atoms with van der Waals surface area (Å²) in [7, 11) is 0. The molecule has 2 aromatic heterocycles. The van der Waals surface area contributed by atoms with Crippen molar-refractivity contribution in [1.82, 2.24) is 15.1 Å². The molecule has 37 heavy (non-hydrogen) atoms. The van der Waals surface area contributed by atoms with Gasteiger partial charge >= 0.3 is 0 Å². The maximum Gasteiger partial charge on any atom is 0.223 e. The zero-order valence-electron chi connectivity index (χ0n) is 21.2. The highest BCUT2D eigenvalue weighted by molar-refractivity contribution is 5.78. The Labute approximate surface area is 215 Å². The normalized spacial score (nSPS) is 15.9.